The molecular weight excluding hydrogens is 430 g/mol. The number of piperazine rings is 1. The fourth-order valence-corrected chi connectivity index (χ4v) is 5.99. The minimum atomic E-state index is -0.0945. The summed E-state index contributed by atoms with van der Waals surface area (Å²) in [6.45, 7) is 10.0. The molecule has 0 unspecified atom stereocenters. The molecule has 4 heterocycles. The molecular formula is C26H39N5O3. The molecule has 3 fully saturated rings. The van der Waals surface area contributed by atoms with Gasteiger partial charge in [-0.25, -0.2) is 0 Å². The summed E-state index contributed by atoms with van der Waals surface area (Å²) in [5.74, 6) is 0.299. The summed E-state index contributed by atoms with van der Waals surface area (Å²) in [5.41, 5.74) is 2.52. The number of amides is 2. The fraction of sp³-hybridized carbons (Fsp3) is 0.692. The summed E-state index contributed by atoms with van der Waals surface area (Å²) in [7, 11) is 0. The maximum Gasteiger partial charge on any atom is 0.236 e. The highest BCUT2D eigenvalue weighted by atomic mass is 16.5. The highest BCUT2D eigenvalue weighted by Gasteiger charge is 2.41. The number of para-hydroxylation sites is 1. The van der Waals surface area contributed by atoms with Crippen LogP contribution >= 0.6 is 0 Å². The number of carbonyl (C=O) groups excluding carboxylic acids is 2. The third-order valence-electron chi connectivity index (χ3n) is 7.92. The van der Waals surface area contributed by atoms with Crippen molar-refractivity contribution in [1.29, 1.82) is 0 Å². The SMILES string of the molecule is O=C(NCCCN1CCOCC1)[C@H]1Cc2ccccc2N2CCN(CC(=O)N3CCCC3)C[C@@H]12. The topological polar surface area (TPSA) is 68.4 Å². The Labute approximate surface area is 203 Å². The predicted octanol–water partition coefficient (Wildman–Crippen LogP) is 0.810. The van der Waals surface area contributed by atoms with Crippen LogP contribution in [0, 0.1) is 5.92 Å². The van der Waals surface area contributed by atoms with E-state index in [-0.39, 0.29) is 23.8 Å². The highest BCUT2D eigenvalue weighted by molar-refractivity contribution is 5.82. The molecule has 2 atom stereocenters. The zero-order valence-corrected chi connectivity index (χ0v) is 20.3. The first kappa shape index (κ1) is 23.6. The van der Waals surface area contributed by atoms with E-state index in [0.29, 0.717) is 13.1 Å². The first-order valence-electron chi connectivity index (χ1n) is 13.1. The Morgan fingerprint density at radius 1 is 0.971 bits per heavy atom. The smallest absolute Gasteiger partial charge is 0.236 e. The lowest BCUT2D eigenvalue weighted by Crippen LogP contribution is -2.62. The lowest BCUT2D eigenvalue weighted by atomic mass is 9.83. The molecule has 1 aromatic carbocycles. The average Bonchev–Trinajstić information content (AvgIpc) is 3.42. The van der Waals surface area contributed by atoms with E-state index in [1.165, 1.54) is 11.3 Å². The molecule has 186 valence electrons. The maximum atomic E-state index is 13.4. The number of anilines is 1. The molecule has 1 aromatic rings. The highest BCUT2D eigenvalue weighted by Crippen LogP contribution is 2.36. The van der Waals surface area contributed by atoms with E-state index in [2.05, 4.69) is 44.3 Å². The zero-order chi connectivity index (χ0) is 23.3. The van der Waals surface area contributed by atoms with Gasteiger partial charge in [0.1, 0.15) is 0 Å². The van der Waals surface area contributed by atoms with Crippen LogP contribution in [0.15, 0.2) is 24.3 Å². The minimum Gasteiger partial charge on any atom is -0.379 e. The number of ether oxygens (including phenoxy) is 1. The number of nitrogens with zero attached hydrogens (tertiary/aromatic N) is 4. The van der Waals surface area contributed by atoms with Crippen molar-refractivity contribution in [2.75, 3.05) is 83.6 Å². The molecule has 0 aliphatic carbocycles. The van der Waals surface area contributed by atoms with Crippen LogP contribution < -0.4 is 10.2 Å². The number of hydrogen-bond donors (Lipinski definition) is 1. The van der Waals surface area contributed by atoms with E-state index in [1.807, 2.05) is 4.90 Å². The fourth-order valence-electron chi connectivity index (χ4n) is 5.99. The van der Waals surface area contributed by atoms with Crippen molar-refractivity contribution in [3.63, 3.8) is 0 Å². The molecule has 4 aliphatic rings. The second kappa shape index (κ2) is 11.1. The first-order valence-corrected chi connectivity index (χ1v) is 13.1. The second-order valence-corrected chi connectivity index (χ2v) is 10.1. The molecule has 1 N–H and O–H groups in total. The third-order valence-corrected chi connectivity index (χ3v) is 7.92. The third kappa shape index (κ3) is 5.39. The zero-order valence-electron chi connectivity index (χ0n) is 20.3. The summed E-state index contributed by atoms with van der Waals surface area (Å²) in [6.07, 6.45) is 3.96. The summed E-state index contributed by atoms with van der Waals surface area (Å²) >= 11 is 0. The summed E-state index contributed by atoms with van der Waals surface area (Å²) in [4.78, 5) is 35.3. The van der Waals surface area contributed by atoms with Crippen LogP contribution in [-0.2, 0) is 20.7 Å². The Bertz CT molecular complexity index is 853. The number of hydrogen-bond acceptors (Lipinski definition) is 6. The molecule has 34 heavy (non-hydrogen) atoms. The van der Waals surface area contributed by atoms with Gasteiger partial charge in [0.2, 0.25) is 11.8 Å². The van der Waals surface area contributed by atoms with Crippen LogP contribution in [0.25, 0.3) is 0 Å². The largest absolute Gasteiger partial charge is 0.379 e. The van der Waals surface area contributed by atoms with Crippen LogP contribution in [-0.4, -0.2) is 111 Å². The van der Waals surface area contributed by atoms with E-state index in [0.717, 1.165) is 91.3 Å². The van der Waals surface area contributed by atoms with Crippen molar-refractivity contribution in [2.24, 2.45) is 5.92 Å². The number of rotatable bonds is 7. The standard InChI is InChI=1S/C26H39N5O3/c32-25(30-10-3-4-11-30)20-29-12-13-31-23-7-2-1-6-21(23)18-22(24(31)19-29)26(33)27-8-5-9-28-14-16-34-17-15-28/h1-2,6-7,22,24H,3-5,8-20H2,(H,27,33)/t22-,24-/m0/s1. The second-order valence-electron chi connectivity index (χ2n) is 10.1. The monoisotopic (exact) mass is 469 g/mol. The summed E-state index contributed by atoms with van der Waals surface area (Å²) < 4.78 is 5.42. The first-order chi connectivity index (χ1) is 16.7. The molecule has 0 radical (unpaired) electrons. The average molecular weight is 470 g/mol. The molecule has 0 spiro atoms. The van der Waals surface area contributed by atoms with Crippen LogP contribution in [0.3, 0.4) is 0 Å². The molecule has 8 nitrogen and oxygen atoms in total. The van der Waals surface area contributed by atoms with Crippen molar-refractivity contribution in [1.82, 2.24) is 20.0 Å². The van der Waals surface area contributed by atoms with Crippen molar-refractivity contribution in [3.8, 4) is 0 Å². The van der Waals surface area contributed by atoms with Gasteiger partial charge in [-0.2, -0.15) is 0 Å². The molecule has 2 amide bonds. The van der Waals surface area contributed by atoms with E-state index < -0.39 is 0 Å². The van der Waals surface area contributed by atoms with Gasteiger partial charge in [0.25, 0.3) is 0 Å². The van der Waals surface area contributed by atoms with Gasteiger partial charge in [-0.15, -0.1) is 0 Å². The van der Waals surface area contributed by atoms with E-state index in [1.54, 1.807) is 0 Å². The van der Waals surface area contributed by atoms with Gasteiger partial charge in [0, 0.05) is 58.0 Å². The molecule has 4 aliphatic heterocycles. The van der Waals surface area contributed by atoms with Crippen LogP contribution in [0.2, 0.25) is 0 Å². The quantitative estimate of drug-likeness (QED) is 0.597. The number of benzene rings is 1. The number of fused-ring (bicyclic) bond motifs is 3. The lowest BCUT2D eigenvalue weighted by molar-refractivity contribution is -0.131. The Kier molecular flexibility index (Phi) is 7.67. The number of nitrogens with one attached hydrogen (secondary N) is 1. The van der Waals surface area contributed by atoms with Crippen molar-refractivity contribution < 1.29 is 14.3 Å². The molecule has 8 heteroatoms. The maximum absolute atomic E-state index is 13.4. The normalized spacial score (nSPS) is 25.6. The van der Waals surface area contributed by atoms with Crippen LogP contribution in [0.5, 0.6) is 0 Å². The number of carbonyl (C=O) groups is 2. The molecule has 3 saturated heterocycles. The van der Waals surface area contributed by atoms with Gasteiger partial charge in [-0.1, -0.05) is 18.2 Å². The predicted molar refractivity (Wildman–Crippen MR) is 132 cm³/mol. The Hall–Kier alpha value is -2.16. The van der Waals surface area contributed by atoms with Gasteiger partial charge < -0.3 is 19.9 Å². The minimum absolute atomic E-state index is 0.0945. The molecule has 0 saturated carbocycles. The van der Waals surface area contributed by atoms with Gasteiger partial charge in [0.05, 0.1) is 31.7 Å². The van der Waals surface area contributed by atoms with Gasteiger partial charge in [-0.05, 0) is 43.9 Å². The van der Waals surface area contributed by atoms with Crippen LogP contribution in [0.1, 0.15) is 24.8 Å². The Balaban J connectivity index is 1.21. The number of morpholine rings is 1. The van der Waals surface area contributed by atoms with Gasteiger partial charge in [-0.3, -0.25) is 19.4 Å². The van der Waals surface area contributed by atoms with Crippen molar-refractivity contribution >= 4 is 17.5 Å². The van der Waals surface area contributed by atoms with E-state index in [9.17, 15) is 9.59 Å². The Morgan fingerprint density at radius 2 is 1.76 bits per heavy atom. The molecule has 5 rings (SSSR count). The van der Waals surface area contributed by atoms with Crippen molar-refractivity contribution in [2.45, 2.75) is 31.7 Å². The van der Waals surface area contributed by atoms with Crippen LogP contribution in [0.4, 0.5) is 5.69 Å². The molecule has 0 aromatic heterocycles. The Morgan fingerprint density at radius 3 is 2.59 bits per heavy atom. The van der Waals surface area contributed by atoms with E-state index in [4.69, 9.17) is 4.74 Å². The number of likely N-dealkylation sites (tertiary alicyclic amines) is 1. The van der Waals surface area contributed by atoms with Gasteiger partial charge >= 0.3 is 0 Å². The summed E-state index contributed by atoms with van der Waals surface area (Å²) in [5, 5.41) is 3.24. The van der Waals surface area contributed by atoms with E-state index >= 15 is 0 Å². The summed E-state index contributed by atoms with van der Waals surface area (Å²) in [6, 6.07) is 8.61. The lowest BCUT2D eigenvalue weighted by Gasteiger charge is -2.49. The van der Waals surface area contributed by atoms with Gasteiger partial charge in [0.15, 0.2) is 0 Å². The molecule has 0 bridgehead atoms. The van der Waals surface area contributed by atoms with Crippen molar-refractivity contribution in [3.05, 3.63) is 29.8 Å².